The minimum Gasteiger partial charge on any atom is -0.489 e. The van der Waals surface area contributed by atoms with Gasteiger partial charge in [-0.1, -0.05) is 48.5 Å². The van der Waals surface area contributed by atoms with E-state index in [1.807, 2.05) is 49.4 Å². The van der Waals surface area contributed by atoms with Gasteiger partial charge in [-0.2, -0.15) is 4.68 Å². The Hall–Kier alpha value is -3.93. The lowest BCUT2D eigenvalue weighted by molar-refractivity contribution is 0.306. The molecule has 0 unspecified atom stereocenters. The molecule has 6 nitrogen and oxygen atoms in total. The fourth-order valence-corrected chi connectivity index (χ4v) is 3.66. The van der Waals surface area contributed by atoms with E-state index in [-0.39, 0.29) is 0 Å². The summed E-state index contributed by atoms with van der Waals surface area (Å²) in [7, 11) is 0. The van der Waals surface area contributed by atoms with E-state index in [0.29, 0.717) is 6.61 Å². The summed E-state index contributed by atoms with van der Waals surface area (Å²) in [6, 6.07) is 26.8. The second-order valence-corrected chi connectivity index (χ2v) is 7.21. The second kappa shape index (κ2) is 7.83. The van der Waals surface area contributed by atoms with Gasteiger partial charge >= 0.3 is 0 Å². The highest BCUT2D eigenvalue weighted by Crippen LogP contribution is 2.25. The van der Waals surface area contributed by atoms with Crippen LogP contribution in [0.3, 0.4) is 0 Å². The molecular weight excluding hydrogens is 374 g/mol. The van der Waals surface area contributed by atoms with Crippen molar-refractivity contribution in [3.05, 3.63) is 102 Å². The lowest BCUT2D eigenvalue weighted by Crippen LogP contribution is -2.02. The van der Waals surface area contributed by atoms with Crippen LogP contribution in [0.4, 0.5) is 0 Å². The van der Waals surface area contributed by atoms with Crippen molar-refractivity contribution in [1.82, 2.24) is 24.8 Å². The number of fused-ring (bicyclic) bond motifs is 1. The molecular formula is C24H21N5O. The molecule has 0 radical (unpaired) electrons. The number of aromatic nitrogens is 5. The minimum absolute atomic E-state index is 0.561. The Kier molecular flexibility index (Phi) is 4.73. The van der Waals surface area contributed by atoms with Crippen molar-refractivity contribution in [2.24, 2.45) is 0 Å². The van der Waals surface area contributed by atoms with Crippen LogP contribution in [-0.4, -0.2) is 24.8 Å². The highest BCUT2D eigenvalue weighted by atomic mass is 16.5. The average Bonchev–Trinajstić information content (AvgIpc) is 3.39. The largest absolute Gasteiger partial charge is 0.489 e. The van der Waals surface area contributed by atoms with Gasteiger partial charge in [-0.25, -0.2) is 0 Å². The Labute approximate surface area is 174 Å². The number of rotatable bonds is 6. The van der Waals surface area contributed by atoms with E-state index in [1.54, 1.807) is 4.68 Å². The van der Waals surface area contributed by atoms with Gasteiger partial charge < -0.3 is 9.30 Å². The molecule has 0 saturated carbocycles. The fourth-order valence-electron chi connectivity index (χ4n) is 3.66. The van der Waals surface area contributed by atoms with Gasteiger partial charge in [0.2, 0.25) is 0 Å². The maximum absolute atomic E-state index is 5.99. The van der Waals surface area contributed by atoms with Crippen molar-refractivity contribution in [1.29, 1.82) is 0 Å². The van der Waals surface area contributed by atoms with E-state index in [1.165, 1.54) is 5.56 Å². The predicted molar refractivity (Wildman–Crippen MR) is 116 cm³/mol. The lowest BCUT2D eigenvalue weighted by Gasteiger charge is -2.10. The summed E-state index contributed by atoms with van der Waals surface area (Å²) >= 11 is 0. The van der Waals surface area contributed by atoms with Gasteiger partial charge in [0.15, 0.2) is 5.82 Å². The molecule has 2 aromatic heterocycles. The molecule has 0 bridgehead atoms. The third kappa shape index (κ3) is 3.55. The van der Waals surface area contributed by atoms with Crippen LogP contribution in [0.1, 0.15) is 17.0 Å². The van der Waals surface area contributed by atoms with E-state index in [0.717, 1.165) is 40.3 Å². The maximum Gasteiger partial charge on any atom is 0.153 e. The molecule has 5 aromatic rings. The van der Waals surface area contributed by atoms with Crippen molar-refractivity contribution in [2.45, 2.75) is 20.1 Å². The molecule has 6 heteroatoms. The maximum atomic E-state index is 5.99. The molecule has 2 heterocycles. The highest BCUT2D eigenvalue weighted by Gasteiger charge is 2.11. The Morgan fingerprint density at radius 2 is 1.70 bits per heavy atom. The van der Waals surface area contributed by atoms with Crippen LogP contribution >= 0.6 is 0 Å². The molecule has 3 aromatic carbocycles. The average molecular weight is 395 g/mol. The summed E-state index contributed by atoms with van der Waals surface area (Å²) in [5, 5.41) is 13.0. The van der Waals surface area contributed by atoms with Gasteiger partial charge in [-0.05, 0) is 58.8 Å². The normalized spacial score (nSPS) is 11.1. The monoisotopic (exact) mass is 395 g/mol. The minimum atomic E-state index is 0.561. The second-order valence-electron chi connectivity index (χ2n) is 7.21. The number of hydrogen-bond donors (Lipinski definition) is 0. The van der Waals surface area contributed by atoms with E-state index >= 15 is 0 Å². The first-order valence-corrected chi connectivity index (χ1v) is 9.87. The summed E-state index contributed by atoms with van der Waals surface area (Å²) in [6.07, 6.45) is 2.10. The summed E-state index contributed by atoms with van der Waals surface area (Å²) in [6.45, 7) is 3.21. The van der Waals surface area contributed by atoms with E-state index in [2.05, 4.69) is 62.7 Å². The van der Waals surface area contributed by atoms with E-state index in [9.17, 15) is 0 Å². The number of nitrogens with zero attached hydrogens (tertiary/aromatic N) is 5. The third-order valence-electron chi connectivity index (χ3n) is 5.14. The number of hydrogen-bond acceptors (Lipinski definition) is 4. The van der Waals surface area contributed by atoms with Crippen molar-refractivity contribution in [2.75, 3.05) is 0 Å². The summed E-state index contributed by atoms with van der Waals surface area (Å²) < 4.78 is 9.99. The zero-order valence-corrected chi connectivity index (χ0v) is 16.6. The molecule has 0 aliphatic rings. The number of benzene rings is 3. The van der Waals surface area contributed by atoms with Crippen LogP contribution in [0.25, 0.3) is 16.6 Å². The lowest BCUT2D eigenvalue weighted by atomic mass is 10.2. The first-order chi connectivity index (χ1) is 14.8. The molecule has 0 saturated heterocycles. The van der Waals surface area contributed by atoms with Gasteiger partial charge in [0.1, 0.15) is 12.4 Å². The molecule has 0 atom stereocenters. The van der Waals surface area contributed by atoms with Gasteiger partial charge in [0.05, 0.1) is 11.2 Å². The van der Waals surface area contributed by atoms with Crippen molar-refractivity contribution in [3.63, 3.8) is 0 Å². The van der Waals surface area contributed by atoms with Crippen LogP contribution in [0.5, 0.6) is 5.75 Å². The van der Waals surface area contributed by atoms with Crippen LogP contribution in [0.2, 0.25) is 0 Å². The Balaban J connectivity index is 1.39. The topological polar surface area (TPSA) is 57.8 Å². The van der Waals surface area contributed by atoms with Crippen molar-refractivity contribution >= 4 is 10.9 Å². The molecule has 0 aliphatic heterocycles. The summed E-state index contributed by atoms with van der Waals surface area (Å²) in [5.41, 5.74) is 4.46. The zero-order chi connectivity index (χ0) is 20.3. The molecule has 0 fully saturated rings. The van der Waals surface area contributed by atoms with Crippen molar-refractivity contribution in [3.8, 4) is 11.4 Å². The van der Waals surface area contributed by atoms with Gasteiger partial charge in [0.25, 0.3) is 0 Å². The summed E-state index contributed by atoms with van der Waals surface area (Å²) in [5.74, 6) is 1.64. The smallest absolute Gasteiger partial charge is 0.153 e. The van der Waals surface area contributed by atoms with Crippen LogP contribution < -0.4 is 4.74 Å². The third-order valence-corrected chi connectivity index (χ3v) is 5.14. The van der Waals surface area contributed by atoms with Crippen LogP contribution in [-0.2, 0) is 13.2 Å². The highest BCUT2D eigenvalue weighted by molar-refractivity contribution is 5.88. The van der Waals surface area contributed by atoms with Gasteiger partial charge in [-0.3, -0.25) is 0 Å². The first kappa shape index (κ1) is 18.1. The molecule has 0 spiro atoms. The zero-order valence-electron chi connectivity index (χ0n) is 16.6. The predicted octanol–water partition coefficient (Wildman–Crippen LogP) is 4.55. The Morgan fingerprint density at radius 3 is 2.53 bits per heavy atom. The molecule has 5 rings (SSSR count). The fraction of sp³-hybridized carbons (Fsp3) is 0.125. The van der Waals surface area contributed by atoms with E-state index in [4.69, 9.17) is 4.74 Å². The molecule has 0 N–H and O–H groups in total. The molecule has 148 valence electrons. The van der Waals surface area contributed by atoms with Crippen LogP contribution in [0, 0.1) is 6.92 Å². The molecule has 30 heavy (non-hydrogen) atoms. The SMILES string of the molecule is Cc1nnnn1-c1cccc2c1ccn2Cc1cccc(OCc2ccccc2)c1. The van der Waals surface area contributed by atoms with Gasteiger partial charge in [-0.15, -0.1) is 5.10 Å². The molecule has 0 amide bonds. The van der Waals surface area contributed by atoms with E-state index < -0.39 is 0 Å². The first-order valence-electron chi connectivity index (χ1n) is 9.87. The quantitative estimate of drug-likeness (QED) is 0.423. The Morgan fingerprint density at radius 1 is 0.867 bits per heavy atom. The number of tetrazole rings is 1. The van der Waals surface area contributed by atoms with Crippen LogP contribution in [0.15, 0.2) is 85.1 Å². The van der Waals surface area contributed by atoms with Crippen molar-refractivity contribution < 1.29 is 4.74 Å². The number of ether oxygens (including phenoxy) is 1. The van der Waals surface area contributed by atoms with Gasteiger partial charge in [0, 0.05) is 18.1 Å². The number of aryl methyl sites for hydroxylation is 1. The summed E-state index contributed by atoms with van der Waals surface area (Å²) in [4.78, 5) is 0. The Bertz CT molecular complexity index is 1290. The molecule has 0 aliphatic carbocycles. The standard InChI is InChI=1S/C24H21N5O/c1-18-25-26-27-29(18)24-12-6-11-23-22(24)13-14-28(23)16-20-9-5-10-21(15-20)30-17-19-7-3-2-4-8-19/h2-15H,16-17H2,1H3.